The lowest BCUT2D eigenvalue weighted by atomic mass is 10.0. The van der Waals surface area contributed by atoms with E-state index in [0.29, 0.717) is 56.5 Å². The predicted molar refractivity (Wildman–Crippen MR) is 150 cm³/mol. The first kappa shape index (κ1) is 28.2. The molecule has 42 heavy (non-hydrogen) atoms. The van der Waals surface area contributed by atoms with E-state index in [4.69, 9.17) is 9.47 Å². The first-order valence-electron chi connectivity index (χ1n) is 12.7. The van der Waals surface area contributed by atoms with Gasteiger partial charge in [-0.25, -0.2) is 4.79 Å². The molecule has 4 aromatic rings. The number of ether oxygens (including phenoxy) is 2. The summed E-state index contributed by atoms with van der Waals surface area (Å²) in [6.45, 7) is 3.52. The van der Waals surface area contributed by atoms with Gasteiger partial charge in [-0.05, 0) is 68.0 Å². The van der Waals surface area contributed by atoms with Crippen molar-refractivity contribution in [3.8, 4) is 11.5 Å². The summed E-state index contributed by atoms with van der Waals surface area (Å²) < 4.78 is 49.8. The van der Waals surface area contributed by atoms with Crippen molar-refractivity contribution in [2.45, 2.75) is 20.0 Å². The normalized spacial score (nSPS) is 13.5. The number of nitrogens with one attached hydrogen (secondary N) is 3. The van der Waals surface area contributed by atoms with Crippen molar-refractivity contribution >= 4 is 40.8 Å². The number of amides is 2. The second kappa shape index (κ2) is 10.9. The third kappa shape index (κ3) is 5.62. The van der Waals surface area contributed by atoms with E-state index < -0.39 is 23.6 Å². The molecule has 0 fully saturated rings. The molecule has 214 valence electrons. The first-order chi connectivity index (χ1) is 19.9. The van der Waals surface area contributed by atoms with Crippen LogP contribution in [0.4, 0.5) is 24.5 Å². The van der Waals surface area contributed by atoms with Gasteiger partial charge in [-0.15, -0.1) is 0 Å². The number of rotatable bonds is 6. The third-order valence-corrected chi connectivity index (χ3v) is 6.71. The van der Waals surface area contributed by atoms with Gasteiger partial charge in [0.25, 0.3) is 11.8 Å². The Kier molecular flexibility index (Phi) is 7.34. The molecular weight excluding hydrogens is 551 g/mol. The van der Waals surface area contributed by atoms with Gasteiger partial charge in [-0.3, -0.25) is 9.59 Å². The van der Waals surface area contributed by atoms with Crippen LogP contribution in [-0.2, 0) is 15.7 Å². The Hall–Kier alpha value is -5.32. The molecule has 0 bridgehead atoms. The van der Waals surface area contributed by atoms with Gasteiger partial charge in [0.1, 0.15) is 11.5 Å². The lowest BCUT2D eigenvalue weighted by Gasteiger charge is -2.11. The molecule has 8 nitrogen and oxygen atoms in total. The van der Waals surface area contributed by atoms with Gasteiger partial charge in [0, 0.05) is 40.3 Å². The van der Waals surface area contributed by atoms with Crippen LogP contribution in [0.1, 0.15) is 48.8 Å². The minimum atomic E-state index is -4.57. The van der Waals surface area contributed by atoms with Gasteiger partial charge >= 0.3 is 12.1 Å². The quantitative estimate of drug-likeness (QED) is 0.170. The molecule has 1 aliphatic heterocycles. The van der Waals surface area contributed by atoms with Gasteiger partial charge in [-0.2, -0.15) is 13.2 Å². The van der Waals surface area contributed by atoms with E-state index in [-0.39, 0.29) is 11.5 Å². The highest BCUT2D eigenvalue weighted by Crippen LogP contribution is 2.38. The summed E-state index contributed by atoms with van der Waals surface area (Å²) in [7, 11) is 1.31. The number of fused-ring (bicyclic) bond motifs is 1. The molecule has 5 rings (SSSR count). The number of hydrogen-bond acceptors (Lipinski definition) is 5. The summed E-state index contributed by atoms with van der Waals surface area (Å²) in [4.78, 5) is 40.6. The van der Waals surface area contributed by atoms with E-state index in [1.54, 1.807) is 56.3 Å². The molecule has 0 saturated carbocycles. The lowest BCUT2D eigenvalue weighted by molar-refractivity contribution is -0.137. The van der Waals surface area contributed by atoms with E-state index in [0.717, 1.165) is 12.1 Å². The number of hydrogen-bond donors (Lipinski definition) is 3. The highest BCUT2D eigenvalue weighted by molar-refractivity contribution is 6.35. The summed E-state index contributed by atoms with van der Waals surface area (Å²) >= 11 is 0. The fourth-order valence-electron chi connectivity index (χ4n) is 4.66. The maximum atomic E-state index is 13.0. The molecule has 11 heteroatoms. The number of esters is 1. The van der Waals surface area contributed by atoms with Crippen molar-refractivity contribution in [1.29, 1.82) is 0 Å². The molecule has 1 aromatic heterocycles. The second-order valence-electron chi connectivity index (χ2n) is 9.54. The Morgan fingerprint density at radius 3 is 2.43 bits per heavy atom. The maximum absolute atomic E-state index is 13.0. The number of halogens is 3. The number of benzene rings is 3. The third-order valence-electron chi connectivity index (χ3n) is 6.71. The number of carbonyl (C=O) groups is 3. The predicted octanol–water partition coefficient (Wildman–Crippen LogP) is 6.97. The van der Waals surface area contributed by atoms with Crippen LogP contribution >= 0.6 is 0 Å². The highest BCUT2D eigenvalue weighted by atomic mass is 19.4. The summed E-state index contributed by atoms with van der Waals surface area (Å²) in [6.07, 6.45) is -2.89. The highest BCUT2D eigenvalue weighted by Gasteiger charge is 2.31. The summed E-state index contributed by atoms with van der Waals surface area (Å²) in [5, 5.41) is 5.39. The number of alkyl halides is 3. The zero-order valence-electron chi connectivity index (χ0n) is 22.6. The summed E-state index contributed by atoms with van der Waals surface area (Å²) in [5.41, 5.74) is 3.13. The number of anilines is 2. The van der Waals surface area contributed by atoms with Crippen LogP contribution in [0.3, 0.4) is 0 Å². The smallest absolute Gasteiger partial charge is 0.416 e. The second-order valence-corrected chi connectivity index (χ2v) is 9.54. The zero-order chi connectivity index (χ0) is 30.2. The fourth-order valence-corrected chi connectivity index (χ4v) is 4.66. The molecule has 2 amide bonds. The van der Waals surface area contributed by atoms with Crippen LogP contribution in [0, 0.1) is 13.8 Å². The number of carbonyl (C=O) groups excluding carboxylic acids is 3. The van der Waals surface area contributed by atoms with Crippen molar-refractivity contribution in [3.05, 3.63) is 106 Å². The average molecular weight is 576 g/mol. The van der Waals surface area contributed by atoms with Crippen molar-refractivity contribution in [1.82, 2.24) is 4.98 Å². The molecule has 0 saturated heterocycles. The Bertz CT molecular complexity index is 1770. The maximum Gasteiger partial charge on any atom is 0.416 e. The Labute approximate surface area is 238 Å². The lowest BCUT2D eigenvalue weighted by Crippen LogP contribution is -2.13. The van der Waals surface area contributed by atoms with Gasteiger partial charge < -0.3 is 25.1 Å². The summed E-state index contributed by atoms with van der Waals surface area (Å²) in [5.74, 6) is -0.749. The Morgan fingerprint density at radius 1 is 0.952 bits per heavy atom. The van der Waals surface area contributed by atoms with Crippen LogP contribution in [0.5, 0.6) is 11.5 Å². The minimum Gasteiger partial charge on any atom is -0.465 e. The van der Waals surface area contributed by atoms with Gasteiger partial charge in [0.15, 0.2) is 0 Å². The van der Waals surface area contributed by atoms with E-state index >= 15 is 0 Å². The van der Waals surface area contributed by atoms with Crippen molar-refractivity contribution in [2.75, 3.05) is 17.7 Å². The van der Waals surface area contributed by atoms with E-state index in [1.807, 2.05) is 0 Å². The molecule has 0 unspecified atom stereocenters. The molecule has 3 aromatic carbocycles. The van der Waals surface area contributed by atoms with Crippen LogP contribution in [0.15, 0.2) is 66.7 Å². The number of methoxy groups -OCH3 is 1. The largest absolute Gasteiger partial charge is 0.465 e. The molecule has 2 heterocycles. The van der Waals surface area contributed by atoms with Crippen LogP contribution in [0.2, 0.25) is 0 Å². The summed E-state index contributed by atoms with van der Waals surface area (Å²) in [6, 6.07) is 15.6. The first-order valence-corrected chi connectivity index (χ1v) is 12.7. The number of aromatic nitrogens is 1. The number of H-pyrrole nitrogens is 1. The van der Waals surface area contributed by atoms with E-state index in [9.17, 15) is 27.6 Å². The standard InChI is InChI=1S/C31H24F3N3O5/c1-16-25(35-17(2)27(16)30(40)41-3)15-24-23-11-10-22(14-26(23)37-29(24)39)42-21-9-5-8-20(13-21)36-28(38)18-6-4-7-19(12-18)31(32,33)34/h4-15,35H,1-3H3,(H,36,38)(H,37,39). The SMILES string of the molecule is COC(=O)c1c(C)[nH]c(C=C2C(=O)Nc3cc(Oc4cccc(NC(=O)c5cccc(C(F)(F)F)c5)c4)ccc32)c1C. The van der Waals surface area contributed by atoms with Gasteiger partial charge in [-0.1, -0.05) is 12.1 Å². The number of aromatic amines is 1. The van der Waals surface area contributed by atoms with Crippen LogP contribution < -0.4 is 15.4 Å². The molecule has 1 aliphatic rings. The molecule has 0 radical (unpaired) electrons. The fraction of sp³-hybridized carbons (Fsp3) is 0.129. The molecule has 0 spiro atoms. The molecular formula is C31H24F3N3O5. The topological polar surface area (TPSA) is 110 Å². The van der Waals surface area contributed by atoms with Crippen molar-refractivity contribution in [2.24, 2.45) is 0 Å². The van der Waals surface area contributed by atoms with Crippen molar-refractivity contribution < 1.29 is 37.0 Å². The monoisotopic (exact) mass is 575 g/mol. The molecule has 0 atom stereocenters. The molecule has 3 N–H and O–H groups in total. The Morgan fingerprint density at radius 2 is 1.69 bits per heavy atom. The van der Waals surface area contributed by atoms with E-state index in [1.165, 1.54) is 25.3 Å². The van der Waals surface area contributed by atoms with Gasteiger partial charge in [0.05, 0.1) is 29.5 Å². The molecule has 0 aliphatic carbocycles. The van der Waals surface area contributed by atoms with Crippen LogP contribution in [0.25, 0.3) is 11.6 Å². The van der Waals surface area contributed by atoms with Crippen LogP contribution in [-0.4, -0.2) is 29.9 Å². The Balaban J connectivity index is 1.33. The zero-order valence-corrected chi connectivity index (χ0v) is 22.6. The minimum absolute atomic E-state index is 0.138. The van der Waals surface area contributed by atoms with Gasteiger partial charge in [0.2, 0.25) is 0 Å². The average Bonchev–Trinajstić information content (AvgIpc) is 3.41. The number of aryl methyl sites for hydroxylation is 1. The van der Waals surface area contributed by atoms with E-state index in [2.05, 4.69) is 15.6 Å². The van der Waals surface area contributed by atoms with Crippen molar-refractivity contribution in [3.63, 3.8) is 0 Å².